The molecule has 2 nitrogen and oxygen atoms in total. The van der Waals surface area contributed by atoms with Crippen molar-refractivity contribution in [3.8, 4) is 0 Å². The molecule has 0 amide bonds. The van der Waals surface area contributed by atoms with Crippen LogP contribution in [0.4, 0.5) is 0 Å². The molecule has 0 rings (SSSR count). The van der Waals surface area contributed by atoms with E-state index in [1.54, 1.807) is 7.05 Å². The minimum absolute atomic E-state index is 0. The number of rotatable bonds is 4. The lowest BCUT2D eigenvalue weighted by atomic mass is 10.1. The van der Waals surface area contributed by atoms with Crippen LogP contribution < -0.4 is 5.32 Å². The standard InChI is InChI=1S/C6H12.C3H7NO.CH4/c1-4-5-6(2)3;1-4-2-3-5;/h4,6H,1,5H2,2-3H3;3-4H,2H2,1H3;1H4. The molecule has 1 N–H and O–H groups in total. The number of aldehydes is 1. The second-order valence-corrected chi connectivity index (χ2v) is 2.64. The second-order valence-electron chi connectivity index (χ2n) is 2.64. The molecule has 0 heterocycles. The van der Waals surface area contributed by atoms with Crippen LogP contribution >= 0.6 is 0 Å². The number of carbonyl (C=O) groups is 1. The van der Waals surface area contributed by atoms with E-state index in [9.17, 15) is 4.79 Å². The molecule has 0 atom stereocenters. The van der Waals surface area contributed by atoms with Gasteiger partial charge in [-0.15, -0.1) is 6.58 Å². The van der Waals surface area contributed by atoms with Crippen LogP contribution in [0.15, 0.2) is 12.7 Å². The van der Waals surface area contributed by atoms with Crippen molar-refractivity contribution >= 4 is 6.29 Å². The van der Waals surface area contributed by atoms with Gasteiger partial charge in [-0.25, -0.2) is 0 Å². The summed E-state index contributed by atoms with van der Waals surface area (Å²) in [5.74, 6) is 0.780. The van der Waals surface area contributed by atoms with E-state index in [0.717, 1.165) is 18.6 Å². The summed E-state index contributed by atoms with van der Waals surface area (Å²) < 4.78 is 0. The van der Waals surface area contributed by atoms with Crippen molar-refractivity contribution in [3.05, 3.63) is 12.7 Å². The highest BCUT2D eigenvalue weighted by Gasteiger charge is 1.82. The van der Waals surface area contributed by atoms with E-state index in [1.807, 2.05) is 6.08 Å². The number of hydrogen-bond acceptors (Lipinski definition) is 2. The van der Waals surface area contributed by atoms with E-state index in [1.165, 1.54) is 0 Å². The predicted octanol–water partition coefficient (Wildman–Crippen LogP) is 2.26. The summed E-state index contributed by atoms with van der Waals surface area (Å²) >= 11 is 0. The van der Waals surface area contributed by atoms with E-state index in [2.05, 4.69) is 25.7 Å². The highest BCUT2D eigenvalue weighted by molar-refractivity contribution is 5.51. The van der Waals surface area contributed by atoms with Crippen LogP contribution in [0.1, 0.15) is 27.7 Å². The van der Waals surface area contributed by atoms with Crippen molar-refractivity contribution in [1.82, 2.24) is 5.32 Å². The van der Waals surface area contributed by atoms with Gasteiger partial charge in [-0.3, -0.25) is 0 Å². The Kier molecular flexibility index (Phi) is 24.4. The zero-order chi connectivity index (χ0) is 9.11. The molecule has 0 aliphatic heterocycles. The molecule has 0 radical (unpaired) electrons. The van der Waals surface area contributed by atoms with E-state index >= 15 is 0 Å². The number of likely N-dealkylation sites (N-methyl/N-ethyl adjacent to an activating group) is 1. The molecule has 0 aromatic rings. The van der Waals surface area contributed by atoms with Crippen LogP contribution in [-0.4, -0.2) is 19.9 Å². The molecular weight excluding hydrogens is 150 g/mol. The Bertz CT molecular complexity index is 89.8. The summed E-state index contributed by atoms with van der Waals surface area (Å²) in [4.78, 5) is 9.34. The van der Waals surface area contributed by atoms with Crippen LogP contribution in [0.2, 0.25) is 0 Å². The monoisotopic (exact) mass is 173 g/mol. The van der Waals surface area contributed by atoms with Crippen molar-refractivity contribution in [2.45, 2.75) is 27.7 Å². The van der Waals surface area contributed by atoms with Gasteiger partial charge in [0.25, 0.3) is 0 Å². The second kappa shape index (κ2) is 16.8. The minimum atomic E-state index is 0. The summed E-state index contributed by atoms with van der Waals surface area (Å²) in [6.07, 6.45) is 3.91. The molecule has 74 valence electrons. The van der Waals surface area contributed by atoms with Crippen LogP contribution in [-0.2, 0) is 4.79 Å². The molecule has 12 heavy (non-hydrogen) atoms. The van der Waals surface area contributed by atoms with Gasteiger partial charge in [-0.1, -0.05) is 27.4 Å². The zero-order valence-electron chi connectivity index (χ0n) is 7.76. The maximum absolute atomic E-state index is 9.34. The fraction of sp³-hybridized carbons (Fsp3) is 0.700. The summed E-state index contributed by atoms with van der Waals surface area (Å²) in [5, 5.41) is 2.65. The van der Waals surface area contributed by atoms with Crippen molar-refractivity contribution < 1.29 is 4.79 Å². The molecular formula is C10H23NO. The molecule has 0 saturated heterocycles. The maximum atomic E-state index is 9.34. The lowest BCUT2D eigenvalue weighted by Crippen LogP contribution is -2.07. The molecule has 0 aliphatic carbocycles. The van der Waals surface area contributed by atoms with Crippen LogP contribution in [0.5, 0.6) is 0 Å². The Hall–Kier alpha value is -0.630. The molecule has 0 aliphatic rings. The first-order chi connectivity index (χ1) is 5.18. The van der Waals surface area contributed by atoms with Crippen molar-refractivity contribution in [2.75, 3.05) is 13.6 Å². The van der Waals surface area contributed by atoms with Gasteiger partial charge in [0.05, 0.1) is 6.54 Å². The van der Waals surface area contributed by atoms with Crippen molar-refractivity contribution in [3.63, 3.8) is 0 Å². The predicted molar refractivity (Wildman–Crippen MR) is 56.4 cm³/mol. The highest BCUT2D eigenvalue weighted by atomic mass is 16.1. The third kappa shape index (κ3) is 34.4. The van der Waals surface area contributed by atoms with Gasteiger partial charge in [-0.2, -0.15) is 0 Å². The average molecular weight is 173 g/mol. The molecule has 0 saturated carbocycles. The Morgan fingerprint density at radius 2 is 2.00 bits per heavy atom. The summed E-state index contributed by atoms with van der Waals surface area (Å²) in [7, 11) is 1.73. The summed E-state index contributed by atoms with van der Waals surface area (Å²) in [6, 6.07) is 0. The van der Waals surface area contributed by atoms with E-state index < -0.39 is 0 Å². The van der Waals surface area contributed by atoms with Gasteiger partial charge in [0.1, 0.15) is 6.29 Å². The lowest BCUT2D eigenvalue weighted by molar-refractivity contribution is -0.107. The van der Waals surface area contributed by atoms with Gasteiger partial charge >= 0.3 is 0 Å². The summed E-state index contributed by atoms with van der Waals surface area (Å²) in [5.41, 5.74) is 0. The normalized spacial score (nSPS) is 7.67. The molecule has 0 aromatic carbocycles. The van der Waals surface area contributed by atoms with E-state index in [4.69, 9.17) is 0 Å². The largest absolute Gasteiger partial charge is 0.313 e. The lowest BCUT2D eigenvalue weighted by Gasteiger charge is -1.92. The van der Waals surface area contributed by atoms with Gasteiger partial charge in [-0.05, 0) is 19.4 Å². The fourth-order valence-electron chi connectivity index (χ4n) is 0.417. The first-order valence-corrected chi connectivity index (χ1v) is 3.88. The van der Waals surface area contributed by atoms with Gasteiger partial charge in [0, 0.05) is 0 Å². The number of carbonyl (C=O) groups excluding carboxylic acids is 1. The van der Waals surface area contributed by atoms with Crippen molar-refractivity contribution in [2.24, 2.45) is 5.92 Å². The fourth-order valence-corrected chi connectivity index (χ4v) is 0.417. The molecule has 2 heteroatoms. The number of allylic oxidation sites excluding steroid dienone is 1. The Morgan fingerprint density at radius 3 is 2.00 bits per heavy atom. The minimum Gasteiger partial charge on any atom is -0.313 e. The molecule has 0 fully saturated rings. The van der Waals surface area contributed by atoms with Gasteiger partial charge in [0.15, 0.2) is 0 Å². The molecule has 0 unspecified atom stereocenters. The van der Waals surface area contributed by atoms with Crippen LogP contribution in [0.3, 0.4) is 0 Å². The van der Waals surface area contributed by atoms with E-state index in [-0.39, 0.29) is 7.43 Å². The Morgan fingerprint density at radius 1 is 1.50 bits per heavy atom. The molecule has 0 aromatic heterocycles. The third-order valence-corrected chi connectivity index (χ3v) is 0.926. The first kappa shape index (κ1) is 17.5. The third-order valence-electron chi connectivity index (χ3n) is 0.926. The van der Waals surface area contributed by atoms with Gasteiger partial charge < -0.3 is 10.1 Å². The SMILES string of the molecule is C.C=CCC(C)C.CNCC=O. The number of nitrogens with one attached hydrogen (secondary N) is 1. The summed E-state index contributed by atoms with van der Waals surface area (Å²) in [6.45, 7) is 8.42. The zero-order valence-corrected chi connectivity index (χ0v) is 7.76. The van der Waals surface area contributed by atoms with Crippen LogP contribution in [0, 0.1) is 5.92 Å². The topological polar surface area (TPSA) is 29.1 Å². The molecule has 0 bridgehead atoms. The van der Waals surface area contributed by atoms with Crippen LogP contribution in [0.25, 0.3) is 0 Å². The quantitative estimate of drug-likeness (QED) is 0.522. The van der Waals surface area contributed by atoms with Gasteiger partial charge in [0.2, 0.25) is 0 Å². The molecule has 0 spiro atoms. The Balaban J connectivity index is -0.000000126. The van der Waals surface area contributed by atoms with Crippen molar-refractivity contribution in [1.29, 1.82) is 0 Å². The average Bonchev–Trinajstić information content (AvgIpc) is 1.90. The van der Waals surface area contributed by atoms with E-state index in [0.29, 0.717) is 6.54 Å². The number of hydrogen-bond donors (Lipinski definition) is 1. The smallest absolute Gasteiger partial charge is 0.133 e. The maximum Gasteiger partial charge on any atom is 0.133 e. The first-order valence-electron chi connectivity index (χ1n) is 3.88. The Labute approximate surface area is 77.1 Å². The highest BCUT2D eigenvalue weighted by Crippen LogP contribution is 1.96.